The Bertz CT molecular complexity index is 543. The van der Waals surface area contributed by atoms with Gasteiger partial charge in [0.1, 0.15) is 0 Å². The molecule has 2 heterocycles. The Kier molecular flexibility index (Phi) is 1.92. The average Bonchev–Trinajstić information content (AvgIpc) is 2.99. The van der Waals surface area contributed by atoms with Crippen molar-refractivity contribution in [3.63, 3.8) is 0 Å². The molecule has 0 amide bonds. The lowest BCUT2D eigenvalue weighted by Gasteiger charge is -2.02. The monoisotopic (exact) mass is 264 g/mol. The molecule has 3 nitrogen and oxygen atoms in total. The van der Waals surface area contributed by atoms with Crippen LogP contribution in [0, 0.1) is 0 Å². The summed E-state index contributed by atoms with van der Waals surface area (Å²) in [6.45, 7) is 0. The van der Waals surface area contributed by atoms with E-state index in [2.05, 4.69) is 27.1 Å². The molecule has 0 radical (unpaired) electrons. The van der Waals surface area contributed by atoms with E-state index >= 15 is 0 Å². The van der Waals surface area contributed by atoms with E-state index in [9.17, 15) is 4.79 Å². The van der Waals surface area contributed by atoms with Gasteiger partial charge >= 0.3 is 0 Å². The number of fused-ring (bicyclic) bond motifs is 1. The van der Waals surface area contributed by atoms with Gasteiger partial charge in [0.05, 0.1) is 17.3 Å². The molecule has 0 unspecified atom stereocenters. The van der Waals surface area contributed by atoms with Crippen LogP contribution >= 0.6 is 15.9 Å². The van der Waals surface area contributed by atoms with Gasteiger partial charge < -0.3 is 0 Å². The Morgan fingerprint density at radius 2 is 2.33 bits per heavy atom. The maximum atomic E-state index is 10.8. The molecule has 15 heavy (non-hydrogen) atoms. The second-order valence-corrected chi connectivity index (χ2v) is 4.76. The molecule has 0 N–H and O–H groups in total. The van der Waals surface area contributed by atoms with Crippen molar-refractivity contribution >= 4 is 27.7 Å². The summed E-state index contributed by atoms with van der Waals surface area (Å²) < 4.78 is 2.73. The van der Waals surface area contributed by atoms with Crippen molar-refractivity contribution in [1.29, 1.82) is 0 Å². The molecule has 3 rings (SSSR count). The summed E-state index contributed by atoms with van der Waals surface area (Å²) in [4.78, 5) is 10.8. The molecule has 1 fully saturated rings. The highest BCUT2D eigenvalue weighted by atomic mass is 79.9. The molecular weight excluding hydrogens is 256 g/mol. The van der Waals surface area contributed by atoms with E-state index in [1.807, 2.05) is 6.20 Å². The van der Waals surface area contributed by atoms with Crippen molar-refractivity contribution in [3.8, 4) is 0 Å². The van der Waals surface area contributed by atoms with E-state index in [1.165, 1.54) is 18.4 Å². The Morgan fingerprint density at radius 1 is 1.53 bits per heavy atom. The Labute approximate surface area is 95.2 Å². The van der Waals surface area contributed by atoms with Gasteiger partial charge in [-0.05, 0) is 46.3 Å². The summed E-state index contributed by atoms with van der Waals surface area (Å²) in [6, 6.07) is 2.10. The van der Waals surface area contributed by atoms with Gasteiger partial charge in [-0.15, -0.1) is 0 Å². The minimum atomic E-state index is 0.629. The third kappa shape index (κ3) is 1.40. The SMILES string of the molecule is O=Cc1cnn2cc(C3CC3)cc(Br)c12. The molecule has 1 aliphatic rings. The largest absolute Gasteiger partial charge is 0.298 e. The van der Waals surface area contributed by atoms with Crippen LogP contribution in [0.15, 0.2) is 22.9 Å². The highest BCUT2D eigenvalue weighted by Gasteiger charge is 2.25. The number of pyridine rings is 1. The van der Waals surface area contributed by atoms with E-state index < -0.39 is 0 Å². The maximum Gasteiger partial charge on any atom is 0.153 e. The molecule has 2 aromatic rings. The Balaban J connectivity index is 2.27. The zero-order chi connectivity index (χ0) is 10.4. The zero-order valence-electron chi connectivity index (χ0n) is 7.98. The normalized spacial score (nSPS) is 15.8. The highest BCUT2D eigenvalue weighted by Crippen LogP contribution is 2.41. The van der Waals surface area contributed by atoms with Crippen molar-refractivity contribution in [2.24, 2.45) is 0 Å². The quantitative estimate of drug-likeness (QED) is 0.782. The summed E-state index contributed by atoms with van der Waals surface area (Å²) >= 11 is 3.49. The zero-order valence-corrected chi connectivity index (χ0v) is 9.57. The first-order chi connectivity index (χ1) is 7.29. The standard InChI is InChI=1S/C11H9BrN2O/c12-10-3-8(7-1-2-7)5-14-11(10)9(6-15)4-13-14/h3-7H,1-2H2. The molecule has 0 bridgehead atoms. The van der Waals surface area contributed by atoms with Crippen molar-refractivity contribution < 1.29 is 4.79 Å². The number of carbonyl (C=O) groups is 1. The van der Waals surface area contributed by atoms with Crippen molar-refractivity contribution in [1.82, 2.24) is 9.61 Å². The number of hydrogen-bond acceptors (Lipinski definition) is 2. The van der Waals surface area contributed by atoms with Crippen LogP contribution in [0.5, 0.6) is 0 Å². The summed E-state index contributed by atoms with van der Waals surface area (Å²) in [5.41, 5.74) is 2.79. The first kappa shape index (κ1) is 9.09. The number of halogens is 1. The van der Waals surface area contributed by atoms with Gasteiger partial charge in [0.2, 0.25) is 0 Å². The van der Waals surface area contributed by atoms with Crippen LogP contribution in [0.1, 0.15) is 34.7 Å². The van der Waals surface area contributed by atoms with Crippen molar-refractivity contribution in [3.05, 3.63) is 34.1 Å². The van der Waals surface area contributed by atoms with Crippen molar-refractivity contribution in [2.45, 2.75) is 18.8 Å². The minimum Gasteiger partial charge on any atom is -0.298 e. The average molecular weight is 265 g/mol. The number of hydrogen-bond donors (Lipinski definition) is 0. The third-order valence-corrected chi connectivity index (χ3v) is 3.39. The Morgan fingerprint density at radius 3 is 3.00 bits per heavy atom. The summed E-state index contributed by atoms with van der Waals surface area (Å²) in [5.74, 6) is 0.689. The van der Waals surface area contributed by atoms with Crippen LogP contribution in [0.2, 0.25) is 0 Å². The van der Waals surface area contributed by atoms with Gasteiger partial charge in [-0.1, -0.05) is 0 Å². The molecule has 0 spiro atoms. The first-order valence-corrected chi connectivity index (χ1v) is 5.71. The smallest absolute Gasteiger partial charge is 0.153 e. The highest BCUT2D eigenvalue weighted by molar-refractivity contribution is 9.10. The molecular formula is C11H9BrN2O. The molecule has 0 aromatic carbocycles. The number of nitrogens with zero attached hydrogens (tertiary/aromatic N) is 2. The van der Waals surface area contributed by atoms with E-state index in [1.54, 1.807) is 10.7 Å². The summed E-state index contributed by atoms with van der Waals surface area (Å²) in [7, 11) is 0. The predicted molar refractivity (Wildman–Crippen MR) is 60.3 cm³/mol. The van der Waals surface area contributed by atoms with Crippen LogP contribution in [-0.4, -0.2) is 15.9 Å². The van der Waals surface area contributed by atoms with Gasteiger partial charge in [0.25, 0.3) is 0 Å². The lowest BCUT2D eigenvalue weighted by atomic mass is 10.2. The number of rotatable bonds is 2. The fourth-order valence-electron chi connectivity index (χ4n) is 1.84. The molecule has 0 saturated heterocycles. The number of carbonyl (C=O) groups excluding carboxylic acids is 1. The topological polar surface area (TPSA) is 34.4 Å². The van der Waals surface area contributed by atoms with Gasteiger partial charge in [0.15, 0.2) is 6.29 Å². The van der Waals surface area contributed by atoms with Crippen molar-refractivity contribution in [2.75, 3.05) is 0 Å². The fraction of sp³-hybridized carbons (Fsp3) is 0.273. The van der Waals surface area contributed by atoms with E-state index in [0.717, 1.165) is 16.3 Å². The van der Waals surface area contributed by atoms with Crippen LogP contribution in [0.3, 0.4) is 0 Å². The third-order valence-electron chi connectivity index (χ3n) is 2.79. The molecule has 1 aliphatic carbocycles. The molecule has 1 saturated carbocycles. The lowest BCUT2D eigenvalue weighted by Crippen LogP contribution is -1.92. The van der Waals surface area contributed by atoms with Gasteiger partial charge in [0, 0.05) is 10.7 Å². The van der Waals surface area contributed by atoms with Gasteiger partial charge in [-0.25, -0.2) is 4.52 Å². The van der Waals surface area contributed by atoms with Crippen LogP contribution < -0.4 is 0 Å². The van der Waals surface area contributed by atoms with Crippen LogP contribution in [-0.2, 0) is 0 Å². The van der Waals surface area contributed by atoms with Crippen LogP contribution in [0.25, 0.3) is 5.52 Å². The lowest BCUT2D eigenvalue weighted by molar-refractivity contribution is 0.112. The van der Waals surface area contributed by atoms with E-state index in [-0.39, 0.29) is 0 Å². The van der Waals surface area contributed by atoms with E-state index in [0.29, 0.717) is 11.5 Å². The summed E-state index contributed by atoms with van der Waals surface area (Å²) in [5, 5.41) is 4.18. The molecule has 2 aromatic heterocycles. The molecule has 0 atom stereocenters. The van der Waals surface area contributed by atoms with Gasteiger partial charge in [-0.3, -0.25) is 4.79 Å². The van der Waals surface area contributed by atoms with Gasteiger partial charge in [-0.2, -0.15) is 5.10 Å². The first-order valence-electron chi connectivity index (χ1n) is 4.91. The Hall–Kier alpha value is -1.16. The number of aldehydes is 1. The molecule has 4 heteroatoms. The second kappa shape index (κ2) is 3.17. The predicted octanol–water partition coefficient (Wildman–Crippen LogP) is 2.79. The maximum absolute atomic E-state index is 10.8. The second-order valence-electron chi connectivity index (χ2n) is 3.91. The summed E-state index contributed by atoms with van der Waals surface area (Å²) in [6.07, 6.45) is 6.98. The van der Waals surface area contributed by atoms with E-state index in [4.69, 9.17) is 0 Å². The molecule has 0 aliphatic heterocycles. The molecule has 76 valence electrons. The minimum absolute atomic E-state index is 0.629. The number of aromatic nitrogens is 2. The van der Waals surface area contributed by atoms with Crippen LogP contribution in [0.4, 0.5) is 0 Å². The fourth-order valence-corrected chi connectivity index (χ4v) is 2.52.